The quantitative estimate of drug-likeness (QED) is 0.262. The molecule has 0 N–H and O–H groups in total. The second kappa shape index (κ2) is 11.2. The summed E-state index contributed by atoms with van der Waals surface area (Å²) in [6, 6.07) is 4.34. The van der Waals surface area contributed by atoms with Crippen molar-refractivity contribution in [3.8, 4) is 16.9 Å². The van der Waals surface area contributed by atoms with Gasteiger partial charge in [-0.15, -0.1) is 13.2 Å². The van der Waals surface area contributed by atoms with Crippen LogP contribution in [0.5, 0.6) is 5.75 Å². The van der Waals surface area contributed by atoms with Crippen molar-refractivity contribution >= 4 is 5.57 Å². The lowest BCUT2D eigenvalue weighted by Crippen LogP contribution is -2.17. The predicted molar refractivity (Wildman–Crippen MR) is 126 cm³/mol. The molecular weight excluding hydrogens is 466 g/mol. The lowest BCUT2D eigenvalue weighted by molar-refractivity contribution is -0.275. The van der Waals surface area contributed by atoms with E-state index >= 15 is 0 Å². The highest BCUT2D eigenvalue weighted by Crippen LogP contribution is 2.36. The molecule has 0 unspecified atom stereocenters. The van der Waals surface area contributed by atoms with E-state index in [-0.39, 0.29) is 11.1 Å². The van der Waals surface area contributed by atoms with E-state index in [1.54, 1.807) is 6.08 Å². The van der Waals surface area contributed by atoms with Crippen LogP contribution < -0.4 is 4.74 Å². The molecule has 1 aliphatic rings. The van der Waals surface area contributed by atoms with Crippen LogP contribution in [0.2, 0.25) is 0 Å². The molecule has 0 bridgehead atoms. The topological polar surface area (TPSA) is 9.23 Å². The second-order valence-electron chi connectivity index (χ2n) is 8.95. The lowest BCUT2D eigenvalue weighted by atomic mass is 9.77. The number of halogens is 6. The fourth-order valence-corrected chi connectivity index (χ4v) is 4.57. The molecule has 0 heterocycles. The summed E-state index contributed by atoms with van der Waals surface area (Å²) in [5.41, 5.74) is 0.700. The third-order valence-corrected chi connectivity index (χ3v) is 6.43. The second-order valence-corrected chi connectivity index (χ2v) is 8.95. The van der Waals surface area contributed by atoms with Gasteiger partial charge in [0, 0.05) is 0 Å². The SMILES string of the molecule is C=C(/C=C\C(=C)C1CCC(CCC)CC1)c1cc(F)c(-c2ccc(OC(F)(F)F)c(F)c2)c(F)c1. The summed E-state index contributed by atoms with van der Waals surface area (Å²) in [5, 5.41) is 0. The van der Waals surface area contributed by atoms with Crippen molar-refractivity contribution in [2.24, 2.45) is 11.8 Å². The van der Waals surface area contributed by atoms with Gasteiger partial charge in [0.05, 0.1) is 5.56 Å². The van der Waals surface area contributed by atoms with Crippen LogP contribution >= 0.6 is 0 Å². The van der Waals surface area contributed by atoms with Gasteiger partial charge in [-0.1, -0.05) is 56.7 Å². The van der Waals surface area contributed by atoms with Crippen molar-refractivity contribution in [1.82, 2.24) is 0 Å². The first-order valence-corrected chi connectivity index (χ1v) is 11.6. The van der Waals surface area contributed by atoms with Crippen LogP contribution in [0.15, 0.2) is 61.2 Å². The number of ether oxygens (including phenoxy) is 1. The largest absolute Gasteiger partial charge is 0.573 e. The first-order chi connectivity index (χ1) is 16.5. The molecule has 1 aliphatic carbocycles. The highest BCUT2D eigenvalue weighted by Gasteiger charge is 2.32. The Labute approximate surface area is 201 Å². The molecule has 0 amide bonds. The van der Waals surface area contributed by atoms with Gasteiger partial charge < -0.3 is 4.74 Å². The monoisotopic (exact) mass is 494 g/mol. The van der Waals surface area contributed by atoms with E-state index in [9.17, 15) is 26.3 Å². The summed E-state index contributed by atoms with van der Waals surface area (Å²) in [6.45, 7) is 10.2. The summed E-state index contributed by atoms with van der Waals surface area (Å²) in [6.07, 6.45) is 5.33. The van der Waals surface area contributed by atoms with Crippen molar-refractivity contribution in [2.75, 3.05) is 0 Å². The van der Waals surface area contributed by atoms with Crippen molar-refractivity contribution in [3.05, 3.63) is 84.2 Å². The lowest BCUT2D eigenvalue weighted by Gasteiger charge is -2.28. The highest BCUT2D eigenvalue weighted by atomic mass is 19.4. The summed E-state index contributed by atoms with van der Waals surface area (Å²) in [7, 11) is 0. The van der Waals surface area contributed by atoms with Crippen molar-refractivity contribution < 1.29 is 31.1 Å². The smallest absolute Gasteiger partial charge is 0.403 e. The number of benzene rings is 2. The van der Waals surface area contributed by atoms with Crippen LogP contribution in [-0.2, 0) is 0 Å². The molecule has 0 radical (unpaired) electrons. The van der Waals surface area contributed by atoms with Gasteiger partial charge in [0.15, 0.2) is 11.6 Å². The summed E-state index contributed by atoms with van der Waals surface area (Å²) >= 11 is 0. The first kappa shape index (κ1) is 26.6. The van der Waals surface area contributed by atoms with Gasteiger partial charge in [0.2, 0.25) is 0 Å². The third kappa shape index (κ3) is 7.03. The number of allylic oxidation sites excluding steroid dienone is 4. The van der Waals surface area contributed by atoms with E-state index in [2.05, 4.69) is 24.8 Å². The Balaban J connectivity index is 1.72. The highest BCUT2D eigenvalue weighted by molar-refractivity contribution is 5.76. The molecule has 1 saturated carbocycles. The Morgan fingerprint density at radius 2 is 1.57 bits per heavy atom. The number of hydrogen-bond acceptors (Lipinski definition) is 1. The van der Waals surface area contributed by atoms with Crippen LogP contribution in [0.25, 0.3) is 16.7 Å². The fraction of sp³-hybridized carbons (Fsp3) is 0.357. The Bertz CT molecular complexity index is 1080. The van der Waals surface area contributed by atoms with E-state index in [1.807, 2.05) is 6.08 Å². The molecule has 0 aliphatic heterocycles. The molecule has 0 atom stereocenters. The van der Waals surface area contributed by atoms with E-state index in [0.29, 0.717) is 23.6 Å². The molecular formula is C28H28F6O. The zero-order valence-electron chi connectivity index (χ0n) is 19.5. The normalized spacial score (nSPS) is 18.6. The summed E-state index contributed by atoms with van der Waals surface area (Å²) in [5.74, 6) is -3.32. The molecule has 0 saturated heterocycles. The molecule has 7 heteroatoms. The van der Waals surface area contributed by atoms with Gasteiger partial charge in [0.25, 0.3) is 0 Å². The van der Waals surface area contributed by atoms with Crippen molar-refractivity contribution in [3.63, 3.8) is 0 Å². The van der Waals surface area contributed by atoms with Gasteiger partial charge in [-0.05, 0) is 78.5 Å². The van der Waals surface area contributed by atoms with E-state index in [0.717, 1.165) is 42.5 Å². The zero-order chi connectivity index (χ0) is 25.8. The fourth-order valence-electron chi connectivity index (χ4n) is 4.57. The Morgan fingerprint density at radius 3 is 2.11 bits per heavy atom. The van der Waals surface area contributed by atoms with Crippen LogP contribution in [-0.4, -0.2) is 6.36 Å². The van der Waals surface area contributed by atoms with Crippen LogP contribution in [0, 0.1) is 29.3 Å². The van der Waals surface area contributed by atoms with Gasteiger partial charge in [-0.3, -0.25) is 0 Å². The van der Waals surface area contributed by atoms with Crippen molar-refractivity contribution in [2.45, 2.75) is 51.8 Å². The molecule has 35 heavy (non-hydrogen) atoms. The Morgan fingerprint density at radius 1 is 0.943 bits per heavy atom. The molecule has 188 valence electrons. The van der Waals surface area contributed by atoms with Crippen molar-refractivity contribution in [1.29, 1.82) is 0 Å². The number of hydrogen-bond donors (Lipinski definition) is 0. The van der Waals surface area contributed by atoms with Crippen LogP contribution in [0.1, 0.15) is 51.0 Å². The Hall–Kier alpha value is -2.96. The first-order valence-electron chi connectivity index (χ1n) is 11.6. The van der Waals surface area contributed by atoms with Gasteiger partial charge in [-0.2, -0.15) is 0 Å². The number of alkyl halides is 3. The molecule has 2 aromatic carbocycles. The van der Waals surface area contributed by atoms with Gasteiger partial charge in [-0.25, -0.2) is 13.2 Å². The zero-order valence-corrected chi connectivity index (χ0v) is 19.5. The minimum atomic E-state index is -5.09. The number of rotatable bonds is 8. The standard InChI is InChI=1S/C28H28F6O/c1-4-5-19-8-10-20(11-9-19)17(2)6-7-18(3)22-15-24(30)27(25(31)16-22)21-12-13-26(23(29)14-21)35-28(32,33)34/h6-7,12-16,19-20H,2-5,8-11H2,1H3/b7-6-. The Kier molecular flexibility index (Phi) is 8.51. The molecule has 1 nitrogen and oxygen atoms in total. The van der Waals surface area contributed by atoms with E-state index in [4.69, 9.17) is 0 Å². The average Bonchev–Trinajstić information content (AvgIpc) is 2.78. The van der Waals surface area contributed by atoms with E-state index in [1.165, 1.54) is 25.7 Å². The summed E-state index contributed by atoms with van der Waals surface area (Å²) in [4.78, 5) is 0. The maximum Gasteiger partial charge on any atom is 0.573 e. The average molecular weight is 495 g/mol. The van der Waals surface area contributed by atoms with E-state index < -0.39 is 35.1 Å². The minimum Gasteiger partial charge on any atom is -0.403 e. The molecule has 3 rings (SSSR count). The molecule has 0 spiro atoms. The van der Waals surface area contributed by atoms with Crippen LogP contribution in [0.3, 0.4) is 0 Å². The minimum absolute atomic E-state index is 0.192. The predicted octanol–water partition coefficient (Wildman–Crippen LogP) is 9.40. The summed E-state index contributed by atoms with van der Waals surface area (Å²) < 4.78 is 84.1. The molecule has 2 aromatic rings. The maximum atomic E-state index is 14.8. The maximum absolute atomic E-state index is 14.8. The van der Waals surface area contributed by atoms with Crippen LogP contribution in [0.4, 0.5) is 26.3 Å². The van der Waals surface area contributed by atoms with Gasteiger partial charge >= 0.3 is 6.36 Å². The molecule has 1 fully saturated rings. The molecule has 0 aromatic heterocycles. The third-order valence-electron chi connectivity index (χ3n) is 6.43. The van der Waals surface area contributed by atoms with Gasteiger partial charge in [0.1, 0.15) is 11.6 Å².